The van der Waals surface area contributed by atoms with Crippen LogP contribution < -0.4 is 4.90 Å². The van der Waals surface area contributed by atoms with Crippen LogP contribution in [0.5, 0.6) is 0 Å². The Bertz CT molecular complexity index is 679. The first-order chi connectivity index (χ1) is 11.2. The zero-order chi connectivity index (χ0) is 18.1. The zero-order valence-corrected chi connectivity index (χ0v) is 15.8. The van der Waals surface area contributed by atoms with Gasteiger partial charge in [-0.05, 0) is 32.6 Å². The first-order valence-electron chi connectivity index (χ1n) is 8.38. The van der Waals surface area contributed by atoms with E-state index in [1.807, 2.05) is 13.8 Å². The number of nitrogens with zero attached hydrogens (tertiary/aromatic N) is 4. The monoisotopic (exact) mass is 358 g/mol. The van der Waals surface area contributed by atoms with Crippen molar-refractivity contribution in [1.82, 2.24) is 14.3 Å². The van der Waals surface area contributed by atoms with Crippen LogP contribution in [0.25, 0.3) is 0 Å². The summed E-state index contributed by atoms with van der Waals surface area (Å²) in [5.41, 5.74) is 0.384. The first-order valence-corrected chi connectivity index (χ1v) is 9.88. The molecule has 0 aromatic carbocycles. The van der Waals surface area contributed by atoms with Crippen molar-refractivity contribution in [2.75, 3.05) is 25.0 Å². The molecule has 1 aliphatic rings. The number of hydrogen-bond acceptors (Lipinski definition) is 5. The molecule has 136 valence electrons. The van der Waals surface area contributed by atoms with Crippen molar-refractivity contribution in [1.29, 1.82) is 0 Å². The van der Waals surface area contributed by atoms with Gasteiger partial charge in [0, 0.05) is 26.2 Å². The Morgan fingerprint density at radius 1 is 1.29 bits per heavy atom. The second-order valence-corrected chi connectivity index (χ2v) is 9.40. The molecule has 8 heteroatoms. The van der Waals surface area contributed by atoms with E-state index in [2.05, 4.69) is 9.97 Å². The molecule has 2 rings (SSSR count). The maximum Gasteiger partial charge on any atom is 0.216 e. The maximum absolute atomic E-state index is 14.7. The van der Waals surface area contributed by atoms with Crippen LogP contribution in [0.2, 0.25) is 0 Å². The molecule has 2 heterocycles. The predicted octanol–water partition coefficient (Wildman–Crippen LogP) is 2.38. The molecule has 0 spiro atoms. The van der Waals surface area contributed by atoms with Crippen LogP contribution in [-0.2, 0) is 10.0 Å². The Kier molecular flexibility index (Phi) is 5.80. The zero-order valence-electron chi connectivity index (χ0n) is 15.0. The molecular formula is C16H27FN4O2S. The highest BCUT2D eigenvalue weighted by atomic mass is 32.2. The van der Waals surface area contributed by atoms with Gasteiger partial charge in [-0.3, -0.25) is 0 Å². The molecule has 1 saturated heterocycles. The largest absolute Gasteiger partial charge is 0.353 e. The number of halogens is 1. The van der Waals surface area contributed by atoms with Gasteiger partial charge in [0.2, 0.25) is 10.0 Å². The topological polar surface area (TPSA) is 66.4 Å². The van der Waals surface area contributed by atoms with E-state index < -0.39 is 21.1 Å². The van der Waals surface area contributed by atoms with Crippen molar-refractivity contribution >= 4 is 15.8 Å². The van der Waals surface area contributed by atoms with Gasteiger partial charge in [-0.15, -0.1) is 0 Å². The fraction of sp³-hybridized carbons (Fsp3) is 0.750. The van der Waals surface area contributed by atoms with Crippen LogP contribution in [0.3, 0.4) is 0 Å². The Morgan fingerprint density at radius 3 is 2.54 bits per heavy atom. The van der Waals surface area contributed by atoms with Gasteiger partial charge in [0.25, 0.3) is 0 Å². The lowest BCUT2D eigenvalue weighted by atomic mass is 10.1. The fourth-order valence-electron chi connectivity index (χ4n) is 2.96. The SMILES string of the molecule is CC(C)c1ncnc(N(C)C2CCCN(S(=O)(=O)C(C)C)C2)c1F. The lowest BCUT2D eigenvalue weighted by Gasteiger charge is -2.38. The van der Waals surface area contributed by atoms with Crippen LogP contribution in [0.15, 0.2) is 6.33 Å². The minimum Gasteiger partial charge on any atom is -0.353 e. The summed E-state index contributed by atoms with van der Waals surface area (Å²) in [6, 6.07) is -0.100. The van der Waals surface area contributed by atoms with Gasteiger partial charge in [0.15, 0.2) is 11.6 Å². The summed E-state index contributed by atoms with van der Waals surface area (Å²) >= 11 is 0. The van der Waals surface area contributed by atoms with E-state index in [0.29, 0.717) is 18.8 Å². The van der Waals surface area contributed by atoms with E-state index in [1.165, 1.54) is 10.6 Å². The van der Waals surface area contributed by atoms with Crippen LogP contribution in [0.4, 0.5) is 10.2 Å². The number of sulfonamides is 1. The van der Waals surface area contributed by atoms with E-state index in [1.54, 1.807) is 25.8 Å². The van der Waals surface area contributed by atoms with Gasteiger partial charge >= 0.3 is 0 Å². The van der Waals surface area contributed by atoms with Crippen LogP contribution >= 0.6 is 0 Å². The molecule has 0 N–H and O–H groups in total. The van der Waals surface area contributed by atoms with Crippen molar-refractivity contribution in [3.63, 3.8) is 0 Å². The minimum atomic E-state index is -3.30. The molecule has 1 fully saturated rings. The molecule has 0 radical (unpaired) electrons. The molecule has 24 heavy (non-hydrogen) atoms. The van der Waals surface area contributed by atoms with E-state index in [4.69, 9.17) is 0 Å². The third kappa shape index (κ3) is 3.69. The standard InChI is InChI=1S/C16H27FN4O2S/c1-11(2)15-14(17)16(19-10-18-15)20(5)13-7-6-8-21(9-13)24(22,23)12(3)4/h10-13H,6-9H2,1-5H3. The predicted molar refractivity (Wildman–Crippen MR) is 93.1 cm³/mol. The second-order valence-electron chi connectivity index (χ2n) is 6.91. The van der Waals surface area contributed by atoms with Crippen molar-refractivity contribution in [3.05, 3.63) is 17.8 Å². The van der Waals surface area contributed by atoms with Crippen molar-refractivity contribution in [2.24, 2.45) is 0 Å². The number of aromatic nitrogens is 2. The summed E-state index contributed by atoms with van der Waals surface area (Å²) in [5, 5.41) is -0.454. The van der Waals surface area contributed by atoms with Crippen molar-refractivity contribution < 1.29 is 12.8 Å². The highest BCUT2D eigenvalue weighted by molar-refractivity contribution is 7.89. The molecule has 0 amide bonds. The van der Waals surface area contributed by atoms with E-state index in [-0.39, 0.29) is 17.8 Å². The number of anilines is 1. The summed E-state index contributed by atoms with van der Waals surface area (Å²) in [6.07, 6.45) is 2.93. The number of likely N-dealkylation sites (N-methyl/N-ethyl adjacent to an activating group) is 1. The minimum absolute atomic E-state index is 0.0377. The summed E-state index contributed by atoms with van der Waals surface area (Å²) in [7, 11) is -1.53. The molecule has 1 aliphatic heterocycles. The molecular weight excluding hydrogens is 331 g/mol. The normalized spacial score (nSPS) is 19.9. The van der Waals surface area contributed by atoms with Gasteiger partial charge in [-0.1, -0.05) is 13.8 Å². The number of piperidine rings is 1. The third-order valence-corrected chi connectivity index (χ3v) is 6.78. The Hall–Kier alpha value is -1.28. The highest BCUT2D eigenvalue weighted by Gasteiger charge is 2.33. The highest BCUT2D eigenvalue weighted by Crippen LogP contribution is 2.27. The number of rotatable bonds is 5. The van der Waals surface area contributed by atoms with Gasteiger partial charge in [0.05, 0.1) is 10.9 Å². The van der Waals surface area contributed by atoms with Crippen molar-refractivity contribution in [3.8, 4) is 0 Å². The summed E-state index contributed by atoms with van der Waals surface area (Å²) in [5.74, 6) is -0.217. The molecule has 0 saturated carbocycles. The van der Waals surface area contributed by atoms with Gasteiger partial charge in [0.1, 0.15) is 6.33 Å². The summed E-state index contributed by atoms with van der Waals surface area (Å²) in [6.45, 7) is 8.01. The lowest BCUT2D eigenvalue weighted by Crippen LogP contribution is -2.50. The smallest absolute Gasteiger partial charge is 0.216 e. The van der Waals surface area contributed by atoms with E-state index >= 15 is 0 Å². The van der Waals surface area contributed by atoms with E-state index in [9.17, 15) is 12.8 Å². The second kappa shape index (κ2) is 7.31. The van der Waals surface area contributed by atoms with Crippen LogP contribution in [0, 0.1) is 5.82 Å². The Balaban J connectivity index is 2.24. The van der Waals surface area contributed by atoms with Gasteiger partial charge < -0.3 is 4.90 Å². The fourth-order valence-corrected chi connectivity index (χ4v) is 4.32. The lowest BCUT2D eigenvalue weighted by molar-refractivity contribution is 0.306. The first kappa shape index (κ1) is 19.1. The van der Waals surface area contributed by atoms with Crippen molar-refractivity contribution in [2.45, 2.75) is 57.7 Å². The average molecular weight is 358 g/mol. The Labute approximate surface area is 144 Å². The summed E-state index contributed by atoms with van der Waals surface area (Å²) in [4.78, 5) is 9.87. The van der Waals surface area contributed by atoms with Gasteiger partial charge in [-0.2, -0.15) is 4.31 Å². The molecule has 0 aliphatic carbocycles. The molecule has 1 unspecified atom stereocenters. The van der Waals surface area contributed by atoms with Crippen LogP contribution in [0.1, 0.15) is 52.1 Å². The maximum atomic E-state index is 14.7. The summed E-state index contributed by atoms with van der Waals surface area (Å²) < 4.78 is 41.0. The van der Waals surface area contributed by atoms with Crippen LogP contribution in [-0.4, -0.2) is 54.1 Å². The van der Waals surface area contributed by atoms with Gasteiger partial charge in [-0.25, -0.2) is 22.8 Å². The molecule has 6 nitrogen and oxygen atoms in total. The molecule has 0 bridgehead atoms. The molecule has 1 aromatic heterocycles. The Morgan fingerprint density at radius 2 is 1.96 bits per heavy atom. The quantitative estimate of drug-likeness (QED) is 0.808. The molecule has 1 aromatic rings. The molecule has 1 atom stereocenters. The van der Waals surface area contributed by atoms with E-state index in [0.717, 1.165) is 12.8 Å². The number of hydrogen-bond donors (Lipinski definition) is 0. The third-order valence-electron chi connectivity index (χ3n) is 4.54. The average Bonchev–Trinajstić information content (AvgIpc) is 2.54.